The lowest BCUT2D eigenvalue weighted by molar-refractivity contribution is -0.136. The van der Waals surface area contributed by atoms with Gasteiger partial charge in [0.05, 0.1) is 6.20 Å². The molecule has 3 rings (SSSR count). The number of carbonyl (C=O) groups is 3. The lowest BCUT2D eigenvalue weighted by Crippen LogP contribution is -2.46. The van der Waals surface area contributed by atoms with Gasteiger partial charge >= 0.3 is 6.09 Å². The smallest absolute Gasteiger partial charge is 0.408 e. The number of Topliss-reactive ketones (excluding diaryl/α,β-unsaturated/α-hetero) is 1. The molecule has 3 aromatic rings. The Labute approximate surface area is 215 Å². The largest absolute Gasteiger partial charge is 0.436 e. The number of aryl methyl sites for hydroxylation is 1. The number of hydrogen-bond acceptors (Lipinski definition) is 8. The maximum atomic E-state index is 13.0. The van der Waals surface area contributed by atoms with Crippen molar-refractivity contribution in [1.29, 1.82) is 0 Å². The summed E-state index contributed by atoms with van der Waals surface area (Å²) in [6.45, 7) is 9.72. The van der Waals surface area contributed by atoms with Crippen LogP contribution in [0.4, 0.5) is 10.6 Å². The number of hydrogen-bond donors (Lipinski definition) is 3. The summed E-state index contributed by atoms with van der Waals surface area (Å²) < 4.78 is 11.7. The topological polar surface area (TPSA) is 152 Å². The number of benzene rings is 1. The minimum atomic E-state index is -1.06. The monoisotopic (exact) mass is 510 g/mol. The van der Waals surface area contributed by atoms with Crippen molar-refractivity contribution in [2.45, 2.75) is 72.4 Å². The second-order valence-corrected chi connectivity index (χ2v) is 9.57. The minimum Gasteiger partial charge on any atom is -0.436 e. The highest BCUT2D eigenvalue weighted by atomic mass is 16.6. The lowest BCUT2D eigenvalue weighted by Gasteiger charge is -2.30. The van der Waals surface area contributed by atoms with E-state index in [2.05, 4.69) is 31.0 Å². The molecule has 0 aliphatic rings. The normalized spacial score (nSPS) is 13.0. The Hall–Kier alpha value is -4.02. The van der Waals surface area contributed by atoms with Gasteiger partial charge in [0.25, 0.3) is 11.8 Å². The van der Waals surface area contributed by atoms with E-state index in [1.54, 1.807) is 0 Å². The van der Waals surface area contributed by atoms with E-state index in [-0.39, 0.29) is 18.1 Å². The van der Waals surface area contributed by atoms with E-state index in [4.69, 9.17) is 9.15 Å². The molecule has 0 radical (unpaired) electrons. The number of amides is 2. The number of H-pyrrole nitrogens is 1. The van der Waals surface area contributed by atoms with Gasteiger partial charge in [-0.15, -0.1) is 10.2 Å². The molecule has 0 aliphatic heterocycles. The molecule has 0 aliphatic carbocycles. The number of unbranched alkanes of at least 4 members (excludes halogenated alkanes) is 1. The third-order valence-corrected chi connectivity index (χ3v) is 6.24. The van der Waals surface area contributed by atoms with Gasteiger partial charge in [-0.2, -0.15) is 5.10 Å². The van der Waals surface area contributed by atoms with Gasteiger partial charge < -0.3 is 19.8 Å². The fourth-order valence-corrected chi connectivity index (χ4v) is 3.51. The van der Waals surface area contributed by atoms with Crippen LogP contribution in [0.3, 0.4) is 0 Å². The number of nitrogens with zero attached hydrogens (tertiary/aromatic N) is 3. The summed E-state index contributed by atoms with van der Waals surface area (Å²) >= 11 is 0. The van der Waals surface area contributed by atoms with Crippen LogP contribution in [0.1, 0.15) is 70.9 Å². The number of ketones is 1. The average molecular weight is 511 g/mol. The van der Waals surface area contributed by atoms with Crippen molar-refractivity contribution in [2.24, 2.45) is 5.41 Å². The number of nitrogens with one attached hydrogen (secondary N) is 3. The van der Waals surface area contributed by atoms with E-state index in [0.29, 0.717) is 18.7 Å². The number of aromatic amines is 1. The van der Waals surface area contributed by atoms with Gasteiger partial charge in [-0.3, -0.25) is 14.7 Å². The molecule has 198 valence electrons. The zero-order valence-corrected chi connectivity index (χ0v) is 21.8. The molecular formula is C26H34N6O5. The molecule has 2 heterocycles. The van der Waals surface area contributed by atoms with Crippen molar-refractivity contribution in [3.63, 3.8) is 0 Å². The van der Waals surface area contributed by atoms with Gasteiger partial charge in [-0.1, -0.05) is 58.2 Å². The maximum Gasteiger partial charge on any atom is 0.408 e. The summed E-state index contributed by atoms with van der Waals surface area (Å²) in [6, 6.07) is 8.07. The number of alkyl carbamates (subject to hydrolysis) is 1. The third-order valence-electron chi connectivity index (χ3n) is 6.24. The van der Waals surface area contributed by atoms with Crippen molar-refractivity contribution in [3.8, 4) is 11.5 Å². The molecular weight excluding hydrogens is 476 g/mol. The molecule has 2 aromatic heterocycles. The molecule has 1 aromatic carbocycles. The van der Waals surface area contributed by atoms with Gasteiger partial charge in [0.1, 0.15) is 11.9 Å². The molecule has 3 N–H and O–H groups in total. The number of anilines is 1. The van der Waals surface area contributed by atoms with Crippen molar-refractivity contribution >= 4 is 23.6 Å². The molecule has 37 heavy (non-hydrogen) atoms. The summed E-state index contributed by atoms with van der Waals surface area (Å²) in [4.78, 5) is 38.3. The van der Waals surface area contributed by atoms with Gasteiger partial charge in [-0.05, 0) is 31.9 Å². The van der Waals surface area contributed by atoms with E-state index >= 15 is 0 Å². The van der Waals surface area contributed by atoms with Crippen molar-refractivity contribution in [2.75, 3.05) is 5.32 Å². The average Bonchev–Trinajstić information content (AvgIpc) is 3.57. The summed E-state index contributed by atoms with van der Waals surface area (Å²) in [6.07, 6.45) is 2.02. The Bertz CT molecular complexity index is 1190. The fraction of sp³-hybridized carbons (Fsp3) is 0.462. The molecule has 0 saturated carbocycles. The summed E-state index contributed by atoms with van der Waals surface area (Å²) in [5.74, 6) is -0.921. The van der Waals surface area contributed by atoms with Crippen LogP contribution in [0.15, 0.2) is 40.9 Å². The van der Waals surface area contributed by atoms with Crippen LogP contribution >= 0.6 is 0 Å². The molecule has 2 amide bonds. The van der Waals surface area contributed by atoms with Crippen LogP contribution in [0.5, 0.6) is 0 Å². The molecule has 0 fully saturated rings. The van der Waals surface area contributed by atoms with Crippen LogP contribution < -0.4 is 10.6 Å². The van der Waals surface area contributed by atoms with Gasteiger partial charge in [-0.25, -0.2) is 4.79 Å². The first kappa shape index (κ1) is 27.6. The van der Waals surface area contributed by atoms with Crippen LogP contribution in [-0.4, -0.2) is 44.2 Å². The van der Waals surface area contributed by atoms with Crippen molar-refractivity contribution in [1.82, 2.24) is 25.7 Å². The van der Waals surface area contributed by atoms with Crippen LogP contribution in [0.25, 0.3) is 11.5 Å². The lowest BCUT2D eigenvalue weighted by atomic mass is 9.83. The number of rotatable bonds is 12. The number of carbonyl (C=O) groups excluding carboxylic acids is 3. The standard InChI is InChI=1S/C26H34N6O5/c1-6-8-9-18(20(33)22(34)29-19-14-15-27-30-19)28-25(35)36-21(26(4,5)7-2)24-32-31-23(37-24)17-12-10-16(3)11-13-17/h10-15,18,21H,6-9H2,1-5H3,(H,28,35)(H2,27,29,30,34)/t18-,21+/m0/s1. The Morgan fingerprint density at radius 2 is 1.84 bits per heavy atom. The van der Waals surface area contributed by atoms with Gasteiger partial charge in [0.2, 0.25) is 11.7 Å². The van der Waals surface area contributed by atoms with E-state index in [0.717, 1.165) is 17.5 Å². The molecule has 0 saturated heterocycles. The summed E-state index contributed by atoms with van der Waals surface area (Å²) in [7, 11) is 0. The first-order chi connectivity index (χ1) is 17.6. The van der Waals surface area contributed by atoms with E-state index in [1.807, 2.05) is 58.9 Å². The molecule has 11 nitrogen and oxygen atoms in total. The fourth-order valence-electron chi connectivity index (χ4n) is 3.51. The minimum absolute atomic E-state index is 0.144. The highest BCUT2D eigenvalue weighted by molar-refractivity contribution is 6.42. The maximum absolute atomic E-state index is 13.0. The zero-order valence-electron chi connectivity index (χ0n) is 21.8. The molecule has 2 atom stereocenters. The van der Waals surface area contributed by atoms with Gasteiger partial charge in [0, 0.05) is 17.0 Å². The third kappa shape index (κ3) is 7.25. The summed E-state index contributed by atoms with van der Waals surface area (Å²) in [5, 5.41) is 19.6. The second-order valence-electron chi connectivity index (χ2n) is 9.57. The number of ether oxygens (including phenoxy) is 1. The Morgan fingerprint density at radius 3 is 2.46 bits per heavy atom. The molecule has 0 bridgehead atoms. The quantitative estimate of drug-likeness (QED) is 0.296. The van der Waals surface area contributed by atoms with Crippen molar-refractivity contribution < 1.29 is 23.5 Å². The SMILES string of the molecule is CCCC[C@H](NC(=O)O[C@H](c1nnc(-c2ccc(C)cc2)o1)C(C)(C)CC)C(=O)C(=O)Nc1ccn[nH]1. The van der Waals surface area contributed by atoms with Crippen LogP contribution in [-0.2, 0) is 14.3 Å². The van der Waals surface area contributed by atoms with Gasteiger partial charge in [0.15, 0.2) is 6.10 Å². The Kier molecular flexibility index (Phi) is 9.15. The van der Waals surface area contributed by atoms with Crippen molar-refractivity contribution in [3.05, 3.63) is 48.0 Å². The highest BCUT2D eigenvalue weighted by Gasteiger charge is 2.38. The van der Waals surface area contributed by atoms with E-state index in [1.165, 1.54) is 12.3 Å². The predicted molar refractivity (Wildman–Crippen MR) is 136 cm³/mol. The van der Waals surface area contributed by atoms with E-state index < -0.39 is 35.3 Å². The van der Waals surface area contributed by atoms with E-state index in [9.17, 15) is 14.4 Å². The van der Waals surface area contributed by atoms with Crippen LogP contribution in [0.2, 0.25) is 0 Å². The molecule has 11 heteroatoms. The Morgan fingerprint density at radius 1 is 1.11 bits per heavy atom. The first-order valence-corrected chi connectivity index (χ1v) is 12.4. The highest BCUT2D eigenvalue weighted by Crippen LogP contribution is 2.39. The molecule has 0 spiro atoms. The predicted octanol–water partition coefficient (Wildman–Crippen LogP) is 4.74. The Balaban J connectivity index is 1.76. The second kappa shape index (κ2) is 12.3. The zero-order chi connectivity index (χ0) is 27.0. The number of aromatic nitrogens is 4. The summed E-state index contributed by atoms with van der Waals surface area (Å²) in [5.41, 5.74) is 1.28. The van der Waals surface area contributed by atoms with Crippen LogP contribution in [0, 0.1) is 12.3 Å². The molecule has 0 unspecified atom stereocenters. The first-order valence-electron chi connectivity index (χ1n) is 12.4.